The number of nitrogens with two attached hydrogens (primary N) is 1. The van der Waals surface area contributed by atoms with E-state index < -0.39 is 18.3 Å². The molecule has 0 aliphatic heterocycles. The molecule has 0 bridgehead atoms. The SMILES string of the molecule is CC(N)C(n1cc(I)cn1)C(F)(F)F. The summed E-state index contributed by atoms with van der Waals surface area (Å²) in [6.45, 7) is 1.31. The minimum absolute atomic E-state index is 0.650. The van der Waals surface area contributed by atoms with Crippen molar-refractivity contribution in [1.82, 2.24) is 9.78 Å². The first-order valence-corrected chi connectivity index (χ1v) is 4.92. The van der Waals surface area contributed by atoms with Crippen molar-refractivity contribution >= 4 is 22.6 Å². The van der Waals surface area contributed by atoms with Gasteiger partial charge in [-0.25, -0.2) is 0 Å². The van der Waals surface area contributed by atoms with Gasteiger partial charge in [-0.3, -0.25) is 4.68 Å². The van der Waals surface area contributed by atoms with Crippen LogP contribution in [0.1, 0.15) is 13.0 Å². The first kappa shape index (κ1) is 11.8. The molecule has 3 nitrogen and oxygen atoms in total. The second-order valence-electron chi connectivity index (χ2n) is 2.98. The molecule has 0 saturated carbocycles. The van der Waals surface area contributed by atoms with Crippen LogP contribution in [0.5, 0.6) is 0 Å². The van der Waals surface area contributed by atoms with E-state index in [-0.39, 0.29) is 0 Å². The quantitative estimate of drug-likeness (QED) is 0.847. The first-order valence-electron chi connectivity index (χ1n) is 3.84. The molecule has 0 spiro atoms. The molecule has 0 saturated heterocycles. The van der Waals surface area contributed by atoms with E-state index in [4.69, 9.17) is 5.73 Å². The zero-order valence-electron chi connectivity index (χ0n) is 7.29. The van der Waals surface area contributed by atoms with Gasteiger partial charge >= 0.3 is 6.18 Å². The van der Waals surface area contributed by atoms with E-state index in [0.717, 1.165) is 4.68 Å². The fraction of sp³-hybridized carbons (Fsp3) is 0.571. The van der Waals surface area contributed by atoms with Crippen molar-refractivity contribution in [2.24, 2.45) is 5.73 Å². The minimum Gasteiger partial charge on any atom is -0.326 e. The van der Waals surface area contributed by atoms with Crippen molar-refractivity contribution in [3.05, 3.63) is 16.0 Å². The molecule has 1 aromatic heterocycles. The summed E-state index contributed by atoms with van der Waals surface area (Å²) in [5.41, 5.74) is 5.28. The van der Waals surface area contributed by atoms with Crippen LogP contribution in [0.4, 0.5) is 13.2 Å². The fourth-order valence-corrected chi connectivity index (χ4v) is 1.57. The number of rotatable bonds is 2. The summed E-state index contributed by atoms with van der Waals surface area (Å²) in [7, 11) is 0. The van der Waals surface area contributed by atoms with Crippen LogP contribution in [0.25, 0.3) is 0 Å². The van der Waals surface area contributed by atoms with Crippen molar-refractivity contribution in [1.29, 1.82) is 0 Å². The predicted octanol–water partition coefficient (Wildman–Crippen LogP) is 1.94. The van der Waals surface area contributed by atoms with Crippen LogP contribution < -0.4 is 5.73 Å². The molecule has 1 rings (SSSR count). The van der Waals surface area contributed by atoms with Gasteiger partial charge in [-0.05, 0) is 29.5 Å². The summed E-state index contributed by atoms with van der Waals surface area (Å²) in [6, 6.07) is -2.78. The average molecular weight is 319 g/mol. The number of hydrogen-bond acceptors (Lipinski definition) is 2. The second-order valence-corrected chi connectivity index (χ2v) is 4.23. The van der Waals surface area contributed by atoms with E-state index >= 15 is 0 Å². The maximum atomic E-state index is 12.5. The smallest absolute Gasteiger partial charge is 0.326 e. The van der Waals surface area contributed by atoms with E-state index in [0.29, 0.717) is 3.57 Å². The third-order valence-electron chi connectivity index (χ3n) is 1.69. The minimum atomic E-state index is -4.37. The lowest BCUT2D eigenvalue weighted by molar-refractivity contribution is -0.174. The van der Waals surface area contributed by atoms with Gasteiger partial charge in [0.2, 0.25) is 0 Å². The molecule has 0 radical (unpaired) electrons. The molecular formula is C7H9F3IN3. The maximum absolute atomic E-state index is 12.5. The Kier molecular flexibility index (Phi) is 3.40. The number of nitrogens with zero attached hydrogens (tertiary/aromatic N) is 2. The molecule has 14 heavy (non-hydrogen) atoms. The summed E-state index contributed by atoms with van der Waals surface area (Å²) >= 11 is 1.89. The Morgan fingerprint density at radius 3 is 2.43 bits per heavy atom. The first-order chi connectivity index (χ1) is 6.32. The van der Waals surface area contributed by atoms with Gasteiger partial charge in [0.25, 0.3) is 0 Å². The second kappa shape index (κ2) is 4.05. The zero-order valence-corrected chi connectivity index (χ0v) is 9.45. The largest absolute Gasteiger partial charge is 0.412 e. The average Bonchev–Trinajstić information content (AvgIpc) is 2.31. The molecule has 1 heterocycles. The highest BCUT2D eigenvalue weighted by Crippen LogP contribution is 2.32. The van der Waals surface area contributed by atoms with E-state index in [2.05, 4.69) is 5.10 Å². The van der Waals surface area contributed by atoms with Gasteiger partial charge in [-0.15, -0.1) is 0 Å². The lowest BCUT2D eigenvalue weighted by Crippen LogP contribution is -2.40. The molecule has 2 unspecified atom stereocenters. The molecule has 7 heteroatoms. The van der Waals surface area contributed by atoms with Crippen LogP contribution in [-0.4, -0.2) is 22.0 Å². The van der Waals surface area contributed by atoms with Crippen molar-refractivity contribution in [3.8, 4) is 0 Å². The molecule has 0 fully saturated rings. The van der Waals surface area contributed by atoms with Gasteiger partial charge in [-0.1, -0.05) is 0 Å². The zero-order chi connectivity index (χ0) is 10.9. The molecule has 0 amide bonds. The van der Waals surface area contributed by atoms with Gasteiger partial charge in [0.1, 0.15) is 0 Å². The fourth-order valence-electron chi connectivity index (χ4n) is 1.16. The van der Waals surface area contributed by atoms with E-state index in [1.807, 2.05) is 22.6 Å². The van der Waals surface area contributed by atoms with Crippen molar-refractivity contribution in [2.45, 2.75) is 25.2 Å². The molecule has 0 aliphatic carbocycles. The maximum Gasteiger partial charge on any atom is 0.412 e. The standard InChI is InChI=1S/C7H9F3IN3/c1-4(12)6(7(8,9)10)14-3-5(11)2-13-14/h2-4,6H,12H2,1H3. The number of hydrogen-bond donors (Lipinski definition) is 1. The topological polar surface area (TPSA) is 43.8 Å². The molecule has 2 atom stereocenters. The Bertz CT molecular complexity index is 307. The van der Waals surface area contributed by atoms with Gasteiger partial charge in [0, 0.05) is 12.2 Å². The Labute approximate surface area is 92.6 Å². The summed E-state index contributed by atoms with van der Waals surface area (Å²) in [6.07, 6.45) is -1.69. The molecule has 0 aromatic carbocycles. The van der Waals surface area contributed by atoms with Gasteiger partial charge in [0.05, 0.1) is 9.77 Å². The van der Waals surface area contributed by atoms with Crippen LogP contribution in [0.15, 0.2) is 12.4 Å². The molecule has 80 valence electrons. The van der Waals surface area contributed by atoms with Gasteiger partial charge in [-0.2, -0.15) is 18.3 Å². The van der Waals surface area contributed by atoms with E-state index in [1.54, 1.807) is 0 Å². The number of halogens is 4. The predicted molar refractivity (Wildman–Crippen MR) is 53.7 cm³/mol. The Hall–Kier alpha value is -0.310. The summed E-state index contributed by atoms with van der Waals surface area (Å²) < 4.78 is 39.1. The normalized spacial score (nSPS) is 16.7. The van der Waals surface area contributed by atoms with Crippen LogP contribution in [0.3, 0.4) is 0 Å². The molecule has 1 aromatic rings. The summed E-state index contributed by atoms with van der Waals surface area (Å²) in [5.74, 6) is 0. The third kappa shape index (κ3) is 2.59. The van der Waals surface area contributed by atoms with Gasteiger partial charge < -0.3 is 5.73 Å². The highest BCUT2D eigenvalue weighted by atomic mass is 127. The van der Waals surface area contributed by atoms with Crippen molar-refractivity contribution in [3.63, 3.8) is 0 Å². The Morgan fingerprint density at radius 2 is 2.14 bits per heavy atom. The Balaban J connectivity index is 3.01. The summed E-state index contributed by atoms with van der Waals surface area (Å²) in [4.78, 5) is 0. The number of alkyl halides is 3. The van der Waals surface area contributed by atoms with Crippen molar-refractivity contribution in [2.75, 3.05) is 0 Å². The van der Waals surface area contributed by atoms with Crippen LogP contribution in [-0.2, 0) is 0 Å². The highest BCUT2D eigenvalue weighted by Gasteiger charge is 2.44. The van der Waals surface area contributed by atoms with Crippen LogP contribution in [0.2, 0.25) is 0 Å². The van der Waals surface area contributed by atoms with E-state index in [1.165, 1.54) is 19.3 Å². The van der Waals surface area contributed by atoms with Crippen molar-refractivity contribution < 1.29 is 13.2 Å². The monoisotopic (exact) mass is 319 g/mol. The Morgan fingerprint density at radius 1 is 1.57 bits per heavy atom. The highest BCUT2D eigenvalue weighted by molar-refractivity contribution is 14.1. The lowest BCUT2D eigenvalue weighted by Gasteiger charge is -2.23. The molecule has 2 N–H and O–H groups in total. The molecule has 0 aliphatic rings. The molecular weight excluding hydrogens is 310 g/mol. The lowest BCUT2D eigenvalue weighted by atomic mass is 10.1. The van der Waals surface area contributed by atoms with E-state index in [9.17, 15) is 13.2 Å². The van der Waals surface area contributed by atoms with Crippen LogP contribution >= 0.6 is 22.6 Å². The van der Waals surface area contributed by atoms with Crippen LogP contribution in [0, 0.1) is 3.57 Å². The summed E-state index contributed by atoms with van der Waals surface area (Å²) in [5, 5.41) is 3.61. The van der Waals surface area contributed by atoms with Gasteiger partial charge in [0.15, 0.2) is 6.04 Å². The number of aromatic nitrogens is 2. The third-order valence-corrected chi connectivity index (χ3v) is 2.25.